The largest absolute Gasteiger partial charge is 0.254 e. The third-order valence-electron chi connectivity index (χ3n) is 6.30. The molecule has 0 atom stereocenters. The summed E-state index contributed by atoms with van der Waals surface area (Å²) < 4.78 is 0. The smallest absolute Gasteiger partial charge is 0.0972 e. The van der Waals surface area contributed by atoms with Crippen molar-refractivity contribution < 1.29 is 0 Å². The zero-order valence-corrected chi connectivity index (χ0v) is 17.2. The maximum Gasteiger partial charge on any atom is 0.0972 e. The fourth-order valence-corrected chi connectivity index (χ4v) is 4.80. The fraction of sp³-hybridized carbons (Fsp3) is 0. The van der Waals surface area contributed by atoms with E-state index in [2.05, 4.69) is 89.9 Å². The molecule has 0 N–H and O–H groups in total. The Morgan fingerprint density at radius 1 is 0.531 bits per heavy atom. The number of nitrogens with zero attached hydrogens (tertiary/aromatic N) is 3. The lowest BCUT2D eigenvalue weighted by Crippen LogP contribution is -1.93. The van der Waals surface area contributed by atoms with Crippen LogP contribution in [0.25, 0.3) is 65.5 Å². The van der Waals surface area contributed by atoms with Crippen LogP contribution in [0.5, 0.6) is 0 Å². The summed E-state index contributed by atoms with van der Waals surface area (Å²) in [5.41, 5.74) is 4.84. The van der Waals surface area contributed by atoms with Crippen LogP contribution in [0.1, 0.15) is 0 Å². The van der Waals surface area contributed by atoms with E-state index in [0.717, 1.165) is 49.4 Å². The molecule has 0 fully saturated rings. The van der Waals surface area contributed by atoms with Crippen molar-refractivity contribution in [2.75, 3.05) is 0 Å². The van der Waals surface area contributed by atoms with Gasteiger partial charge in [0.05, 0.1) is 28.4 Å². The summed E-state index contributed by atoms with van der Waals surface area (Å²) in [5.74, 6) is 0. The molecule has 3 heterocycles. The van der Waals surface area contributed by atoms with Gasteiger partial charge in [-0.25, -0.2) is 4.98 Å². The van der Waals surface area contributed by atoms with Gasteiger partial charge in [0.25, 0.3) is 0 Å². The first kappa shape index (κ1) is 17.3. The zero-order chi connectivity index (χ0) is 21.1. The number of fused-ring (bicyclic) bond motifs is 8. The van der Waals surface area contributed by atoms with E-state index in [9.17, 15) is 0 Å². The molecule has 0 aliphatic heterocycles. The molecule has 7 aromatic rings. The highest BCUT2D eigenvalue weighted by Gasteiger charge is 2.14. The minimum absolute atomic E-state index is 0.898. The van der Waals surface area contributed by atoms with E-state index in [1.54, 1.807) is 0 Å². The monoisotopic (exact) mass is 407 g/mol. The molecule has 3 heteroatoms. The normalized spacial score (nSPS) is 11.8. The summed E-state index contributed by atoms with van der Waals surface area (Å²) in [5, 5.41) is 8.08. The van der Waals surface area contributed by atoms with Crippen molar-refractivity contribution in [2.24, 2.45) is 0 Å². The molecule has 4 aromatic carbocycles. The van der Waals surface area contributed by atoms with Gasteiger partial charge in [-0.3, -0.25) is 9.97 Å². The number of rotatable bonds is 1. The second kappa shape index (κ2) is 6.56. The summed E-state index contributed by atoms with van der Waals surface area (Å²) in [6, 6.07) is 31.8. The van der Waals surface area contributed by atoms with Crippen molar-refractivity contribution in [3.63, 3.8) is 0 Å². The zero-order valence-electron chi connectivity index (χ0n) is 17.2. The van der Waals surface area contributed by atoms with E-state index in [4.69, 9.17) is 9.97 Å². The molecule has 0 bridgehead atoms. The third kappa shape index (κ3) is 2.45. The first-order valence-electron chi connectivity index (χ1n) is 10.7. The molecule has 7 rings (SSSR count). The predicted octanol–water partition coefficient (Wildman–Crippen LogP) is 7.30. The van der Waals surface area contributed by atoms with Gasteiger partial charge in [0.2, 0.25) is 0 Å². The lowest BCUT2D eigenvalue weighted by atomic mass is 9.96. The molecule has 0 radical (unpaired) electrons. The van der Waals surface area contributed by atoms with Gasteiger partial charge in [-0.05, 0) is 28.3 Å². The predicted molar refractivity (Wildman–Crippen MR) is 133 cm³/mol. The summed E-state index contributed by atoms with van der Waals surface area (Å²) in [7, 11) is 0. The highest BCUT2D eigenvalue weighted by molar-refractivity contribution is 6.23. The van der Waals surface area contributed by atoms with Gasteiger partial charge in [0.1, 0.15) is 0 Å². The Bertz CT molecular complexity index is 1840. The summed E-state index contributed by atoms with van der Waals surface area (Å²) in [6.07, 6.45) is 3.72. The average molecular weight is 407 g/mol. The van der Waals surface area contributed by atoms with Crippen LogP contribution in [0.2, 0.25) is 0 Å². The van der Waals surface area contributed by atoms with Crippen molar-refractivity contribution in [1.29, 1.82) is 0 Å². The van der Waals surface area contributed by atoms with Crippen molar-refractivity contribution in [2.45, 2.75) is 0 Å². The van der Waals surface area contributed by atoms with Gasteiger partial charge in [-0.15, -0.1) is 0 Å². The highest BCUT2D eigenvalue weighted by atomic mass is 14.8. The van der Waals surface area contributed by atoms with Crippen molar-refractivity contribution in [1.82, 2.24) is 15.0 Å². The number of hydrogen-bond acceptors (Lipinski definition) is 3. The lowest BCUT2D eigenvalue weighted by Gasteiger charge is -2.13. The van der Waals surface area contributed by atoms with Crippen LogP contribution in [-0.2, 0) is 0 Å². The first-order valence-corrected chi connectivity index (χ1v) is 10.7. The first-order chi connectivity index (χ1) is 15.9. The molecule has 148 valence electrons. The molecule has 0 aliphatic rings. The Hall–Kier alpha value is -4.37. The van der Waals surface area contributed by atoms with E-state index >= 15 is 0 Å². The second-order valence-corrected chi connectivity index (χ2v) is 8.12. The number of hydrogen-bond donors (Lipinski definition) is 0. The number of aromatic nitrogens is 3. The van der Waals surface area contributed by atoms with E-state index in [1.165, 1.54) is 16.2 Å². The van der Waals surface area contributed by atoms with E-state index in [-0.39, 0.29) is 0 Å². The molecular weight excluding hydrogens is 390 g/mol. The Labute approximate surface area is 184 Å². The third-order valence-corrected chi connectivity index (χ3v) is 6.30. The van der Waals surface area contributed by atoms with Gasteiger partial charge in [0.15, 0.2) is 0 Å². The van der Waals surface area contributed by atoms with Crippen molar-refractivity contribution in [3.05, 3.63) is 103 Å². The Morgan fingerprint density at radius 3 is 2.25 bits per heavy atom. The molecule has 0 spiro atoms. The van der Waals surface area contributed by atoms with Crippen LogP contribution in [0.15, 0.2) is 103 Å². The van der Waals surface area contributed by atoms with Crippen LogP contribution < -0.4 is 0 Å². The molecular formula is C29H17N3. The van der Waals surface area contributed by atoms with Crippen LogP contribution in [0.3, 0.4) is 0 Å². The Morgan fingerprint density at radius 2 is 1.31 bits per heavy atom. The van der Waals surface area contributed by atoms with E-state index in [1.807, 2.05) is 18.5 Å². The Balaban J connectivity index is 1.61. The van der Waals surface area contributed by atoms with Gasteiger partial charge in [0, 0.05) is 33.3 Å². The van der Waals surface area contributed by atoms with Crippen LogP contribution >= 0.6 is 0 Å². The lowest BCUT2D eigenvalue weighted by molar-refractivity contribution is 1.36. The molecule has 0 aliphatic carbocycles. The maximum atomic E-state index is 5.13. The average Bonchev–Trinajstić information content (AvgIpc) is 2.87. The van der Waals surface area contributed by atoms with Crippen LogP contribution in [0, 0.1) is 0 Å². The summed E-state index contributed by atoms with van der Waals surface area (Å²) in [4.78, 5) is 14.5. The molecule has 3 aromatic heterocycles. The molecule has 3 nitrogen and oxygen atoms in total. The van der Waals surface area contributed by atoms with Gasteiger partial charge < -0.3 is 0 Å². The molecule has 0 amide bonds. The second-order valence-electron chi connectivity index (χ2n) is 8.12. The number of benzene rings is 4. The van der Waals surface area contributed by atoms with Crippen molar-refractivity contribution >= 4 is 54.3 Å². The molecule has 0 saturated heterocycles. The van der Waals surface area contributed by atoms with Crippen LogP contribution in [-0.4, -0.2) is 15.0 Å². The minimum atomic E-state index is 0.898. The van der Waals surface area contributed by atoms with Gasteiger partial charge in [-0.2, -0.15) is 0 Å². The standard InChI is InChI=1S/C29H17N3/c1-2-7-20-16-21(12-11-18(20)6-1)27-23-10-4-3-9-22(23)26-24-14-13-19-8-5-15-30-28(19)29(24)31-17-25(26)32-27/h1-17H. The SMILES string of the molecule is c1ccc2cc(-c3nc4cnc5c(ccc6cccnc65)c4c4ccccc34)ccc2c1. The van der Waals surface area contributed by atoms with Crippen molar-refractivity contribution in [3.8, 4) is 11.3 Å². The highest BCUT2D eigenvalue weighted by Crippen LogP contribution is 2.37. The Kier molecular flexibility index (Phi) is 3.55. The fourth-order valence-electron chi connectivity index (χ4n) is 4.80. The quantitative estimate of drug-likeness (QED) is 0.268. The molecule has 0 saturated carbocycles. The maximum absolute atomic E-state index is 5.13. The molecule has 0 unspecified atom stereocenters. The number of pyridine rings is 3. The van der Waals surface area contributed by atoms with E-state index in [0.29, 0.717) is 0 Å². The van der Waals surface area contributed by atoms with Crippen LogP contribution in [0.4, 0.5) is 0 Å². The molecule has 32 heavy (non-hydrogen) atoms. The minimum Gasteiger partial charge on any atom is -0.254 e. The van der Waals surface area contributed by atoms with Gasteiger partial charge in [-0.1, -0.05) is 78.9 Å². The topological polar surface area (TPSA) is 38.7 Å². The summed E-state index contributed by atoms with van der Waals surface area (Å²) in [6.45, 7) is 0. The summed E-state index contributed by atoms with van der Waals surface area (Å²) >= 11 is 0. The van der Waals surface area contributed by atoms with E-state index < -0.39 is 0 Å². The van der Waals surface area contributed by atoms with Gasteiger partial charge >= 0.3 is 0 Å².